The highest BCUT2D eigenvalue weighted by atomic mass is 19.4. The van der Waals surface area contributed by atoms with Crippen molar-refractivity contribution in [1.82, 2.24) is 14.9 Å². The van der Waals surface area contributed by atoms with Crippen molar-refractivity contribution in [2.45, 2.75) is 32.0 Å². The number of benzene rings is 1. The van der Waals surface area contributed by atoms with E-state index >= 15 is 0 Å². The highest BCUT2D eigenvalue weighted by molar-refractivity contribution is 5.94. The fourth-order valence-electron chi connectivity index (χ4n) is 3.26. The standard InChI is InChI=1S/C19H21F3N4O/c1-13-11-17(24-12-23-13)25(2)16-7-9-26(10-8-16)18(27)14-3-5-15(6-4-14)19(20,21)22/h3-6,11-12,16H,7-10H2,1-2H3. The van der Waals surface area contributed by atoms with Crippen molar-refractivity contribution in [2.24, 2.45) is 0 Å². The zero-order valence-electron chi connectivity index (χ0n) is 15.2. The zero-order chi connectivity index (χ0) is 19.6. The molecule has 3 rings (SSSR count). The monoisotopic (exact) mass is 378 g/mol. The number of likely N-dealkylation sites (tertiary alicyclic amines) is 1. The van der Waals surface area contributed by atoms with Gasteiger partial charge in [-0.2, -0.15) is 13.2 Å². The minimum Gasteiger partial charge on any atom is -0.356 e. The van der Waals surface area contributed by atoms with Gasteiger partial charge in [-0.1, -0.05) is 0 Å². The summed E-state index contributed by atoms with van der Waals surface area (Å²) >= 11 is 0. The molecule has 0 radical (unpaired) electrons. The minimum absolute atomic E-state index is 0.234. The third-order valence-corrected chi connectivity index (χ3v) is 4.91. The van der Waals surface area contributed by atoms with Gasteiger partial charge in [-0.15, -0.1) is 0 Å². The van der Waals surface area contributed by atoms with E-state index in [1.807, 2.05) is 20.0 Å². The van der Waals surface area contributed by atoms with Crippen LogP contribution in [0.5, 0.6) is 0 Å². The van der Waals surface area contributed by atoms with Crippen LogP contribution in [0.4, 0.5) is 19.0 Å². The average molecular weight is 378 g/mol. The maximum atomic E-state index is 12.6. The van der Waals surface area contributed by atoms with Crippen molar-refractivity contribution >= 4 is 11.7 Å². The van der Waals surface area contributed by atoms with Crippen molar-refractivity contribution < 1.29 is 18.0 Å². The molecule has 0 saturated carbocycles. The Bertz CT molecular complexity index is 799. The quantitative estimate of drug-likeness (QED) is 0.820. The van der Waals surface area contributed by atoms with Crippen molar-refractivity contribution in [3.63, 3.8) is 0 Å². The maximum absolute atomic E-state index is 12.6. The molecule has 2 heterocycles. The van der Waals surface area contributed by atoms with Gasteiger partial charge in [0.1, 0.15) is 12.1 Å². The van der Waals surface area contributed by atoms with Crippen LogP contribution < -0.4 is 4.90 Å². The Balaban J connectivity index is 1.61. The highest BCUT2D eigenvalue weighted by Crippen LogP contribution is 2.29. The number of carbonyl (C=O) groups excluding carboxylic acids is 1. The molecule has 27 heavy (non-hydrogen) atoms. The number of halogens is 3. The lowest BCUT2D eigenvalue weighted by Gasteiger charge is -2.37. The fourth-order valence-corrected chi connectivity index (χ4v) is 3.26. The molecule has 0 unspecified atom stereocenters. The SMILES string of the molecule is Cc1cc(N(C)C2CCN(C(=O)c3ccc(C(F)(F)F)cc3)CC2)ncn1. The van der Waals surface area contributed by atoms with Gasteiger partial charge in [-0.25, -0.2) is 9.97 Å². The van der Waals surface area contributed by atoms with E-state index < -0.39 is 11.7 Å². The van der Waals surface area contributed by atoms with Gasteiger partial charge < -0.3 is 9.80 Å². The summed E-state index contributed by atoms with van der Waals surface area (Å²) in [4.78, 5) is 24.7. The summed E-state index contributed by atoms with van der Waals surface area (Å²) in [6.45, 7) is 3.02. The molecule has 0 atom stereocenters. The minimum atomic E-state index is -4.40. The number of hydrogen-bond acceptors (Lipinski definition) is 4. The Kier molecular flexibility index (Phi) is 5.34. The summed E-state index contributed by atoms with van der Waals surface area (Å²) in [7, 11) is 1.97. The smallest absolute Gasteiger partial charge is 0.356 e. The molecular formula is C19H21F3N4O. The molecule has 0 aliphatic carbocycles. The molecule has 0 spiro atoms. The summed E-state index contributed by atoms with van der Waals surface area (Å²) in [5.74, 6) is 0.609. The topological polar surface area (TPSA) is 49.3 Å². The van der Waals surface area contributed by atoms with Gasteiger partial charge in [0.2, 0.25) is 0 Å². The highest BCUT2D eigenvalue weighted by Gasteiger charge is 2.31. The van der Waals surface area contributed by atoms with E-state index in [2.05, 4.69) is 14.9 Å². The number of anilines is 1. The second-order valence-corrected chi connectivity index (χ2v) is 6.73. The summed E-state index contributed by atoms with van der Waals surface area (Å²) < 4.78 is 37.9. The molecule has 1 aliphatic rings. The van der Waals surface area contributed by atoms with E-state index in [-0.39, 0.29) is 17.5 Å². The summed E-state index contributed by atoms with van der Waals surface area (Å²) in [6.07, 6.45) is -1.33. The summed E-state index contributed by atoms with van der Waals surface area (Å²) in [6, 6.07) is 6.55. The predicted molar refractivity (Wildman–Crippen MR) is 95.5 cm³/mol. The number of aromatic nitrogens is 2. The molecule has 1 amide bonds. The number of hydrogen-bond donors (Lipinski definition) is 0. The first-order valence-corrected chi connectivity index (χ1v) is 8.73. The van der Waals surface area contributed by atoms with Gasteiger partial charge in [0, 0.05) is 43.5 Å². The van der Waals surface area contributed by atoms with E-state index in [0.717, 1.165) is 36.5 Å². The second-order valence-electron chi connectivity index (χ2n) is 6.73. The summed E-state index contributed by atoms with van der Waals surface area (Å²) in [5, 5.41) is 0. The Labute approximate surface area is 155 Å². The van der Waals surface area contributed by atoms with E-state index in [1.165, 1.54) is 18.5 Å². The van der Waals surface area contributed by atoms with Crippen molar-refractivity contribution in [3.05, 3.63) is 53.5 Å². The second kappa shape index (κ2) is 7.54. The van der Waals surface area contributed by atoms with Gasteiger partial charge in [-0.3, -0.25) is 4.79 Å². The molecule has 144 valence electrons. The van der Waals surface area contributed by atoms with Gasteiger partial charge in [0.15, 0.2) is 0 Å². The average Bonchev–Trinajstić information content (AvgIpc) is 2.66. The summed E-state index contributed by atoms with van der Waals surface area (Å²) in [5.41, 5.74) is 0.419. The normalized spacial score (nSPS) is 15.7. The first-order valence-electron chi connectivity index (χ1n) is 8.73. The van der Waals surface area contributed by atoms with Crippen LogP contribution in [0.2, 0.25) is 0 Å². The molecular weight excluding hydrogens is 357 g/mol. The van der Waals surface area contributed by atoms with Crippen molar-refractivity contribution in [1.29, 1.82) is 0 Å². The molecule has 2 aromatic rings. The van der Waals surface area contributed by atoms with Crippen LogP contribution in [0.3, 0.4) is 0 Å². The number of amides is 1. The maximum Gasteiger partial charge on any atom is 0.416 e. The van der Waals surface area contributed by atoms with E-state index in [1.54, 1.807) is 4.90 Å². The molecule has 1 aromatic carbocycles. The fraction of sp³-hybridized carbons (Fsp3) is 0.421. The van der Waals surface area contributed by atoms with Crippen molar-refractivity contribution in [3.8, 4) is 0 Å². The Morgan fingerprint density at radius 1 is 1.15 bits per heavy atom. The van der Waals surface area contributed by atoms with Crippen LogP contribution in [-0.4, -0.2) is 47.0 Å². The Hall–Kier alpha value is -2.64. The van der Waals surface area contributed by atoms with E-state index in [4.69, 9.17) is 0 Å². The van der Waals surface area contributed by atoms with Crippen LogP contribution in [0.1, 0.15) is 34.5 Å². The number of rotatable bonds is 3. The number of nitrogens with zero attached hydrogens (tertiary/aromatic N) is 4. The van der Waals surface area contributed by atoms with Gasteiger partial charge in [-0.05, 0) is 44.0 Å². The third kappa shape index (κ3) is 4.37. The van der Waals surface area contributed by atoms with E-state index in [0.29, 0.717) is 13.1 Å². The molecule has 0 bridgehead atoms. The van der Waals surface area contributed by atoms with Crippen molar-refractivity contribution in [2.75, 3.05) is 25.0 Å². The Morgan fingerprint density at radius 2 is 1.78 bits per heavy atom. The first-order chi connectivity index (χ1) is 12.8. The van der Waals surface area contributed by atoms with Crippen LogP contribution in [0.25, 0.3) is 0 Å². The van der Waals surface area contributed by atoms with E-state index in [9.17, 15) is 18.0 Å². The Morgan fingerprint density at radius 3 is 2.33 bits per heavy atom. The van der Waals surface area contributed by atoms with Crippen LogP contribution in [0, 0.1) is 6.92 Å². The van der Waals surface area contributed by atoms with Gasteiger partial charge in [0.05, 0.1) is 5.56 Å². The number of piperidine rings is 1. The molecule has 5 nitrogen and oxygen atoms in total. The molecule has 1 fully saturated rings. The number of carbonyl (C=O) groups is 1. The molecule has 8 heteroatoms. The lowest BCUT2D eigenvalue weighted by molar-refractivity contribution is -0.137. The lowest BCUT2D eigenvalue weighted by atomic mass is 10.0. The number of alkyl halides is 3. The van der Waals surface area contributed by atoms with Crippen LogP contribution in [-0.2, 0) is 6.18 Å². The first kappa shape index (κ1) is 19.1. The third-order valence-electron chi connectivity index (χ3n) is 4.91. The van der Waals surface area contributed by atoms with Crippen LogP contribution in [0.15, 0.2) is 36.7 Å². The molecule has 1 aliphatic heterocycles. The van der Waals surface area contributed by atoms with Crippen LogP contribution >= 0.6 is 0 Å². The largest absolute Gasteiger partial charge is 0.416 e. The molecule has 0 N–H and O–H groups in total. The zero-order valence-corrected chi connectivity index (χ0v) is 15.2. The predicted octanol–water partition coefficient (Wildman–Crippen LogP) is 3.54. The molecule has 1 aromatic heterocycles. The van der Waals surface area contributed by atoms with Gasteiger partial charge >= 0.3 is 6.18 Å². The number of aryl methyl sites for hydroxylation is 1. The molecule has 1 saturated heterocycles. The lowest BCUT2D eigenvalue weighted by Crippen LogP contribution is -2.45. The van der Waals surface area contributed by atoms with Gasteiger partial charge in [0.25, 0.3) is 5.91 Å².